The van der Waals surface area contributed by atoms with Crippen molar-refractivity contribution in [3.05, 3.63) is 29.8 Å². The topological polar surface area (TPSA) is 47.3 Å². The van der Waals surface area contributed by atoms with Gasteiger partial charge in [-0.05, 0) is 50.4 Å². The number of hydrogen-bond donors (Lipinski definition) is 0. The van der Waals surface area contributed by atoms with E-state index < -0.39 is 0 Å². The Bertz CT molecular complexity index is 523. The number of nitrogens with zero attached hydrogens (tertiary/aromatic N) is 3. The number of anilines is 1. The van der Waals surface area contributed by atoms with E-state index in [9.17, 15) is 4.79 Å². The molecular weight excluding hydrogens is 282 g/mol. The van der Waals surface area contributed by atoms with E-state index in [-0.39, 0.29) is 11.9 Å². The standard InChI is InChI=1S/C16H21N3OS/c1-18(10-11-21-2)15-4-3-9-19(16(15)20)14-7-5-13(12-17)6-8-14/h5-8,15H,3-4,9-11H2,1-2H3. The fraction of sp³-hybridized carbons (Fsp3) is 0.500. The van der Waals surface area contributed by atoms with Crippen LogP contribution in [0.5, 0.6) is 0 Å². The summed E-state index contributed by atoms with van der Waals surface area (Å²) >= 11 is 1.80. The molecule has 0 saturated carbocycles. The van der Waals surface area contributed by atoms with E-state index in [0.717, 1.165) is 37.4 Å². The first-order valence-corrected chi connectivity index (χ1v) is 8.57. The number of amides is 1. The normalized spacial score (nSPS) is 18.9. The average Bonchev–Trinajstić information content (AvgIpc) is 2.53. The Morgan fingerprint density at radius 2 is 2.14 bits per heavy atom. The number of likely N-dealkylation sites (N-methyl/N-ethyl adjacent to an activating group) is 1. The molecule has 0 N–H and O–H groups in total. The third-order valence-electron chi connectivity index (χ3n) is 3.90. The van der Waals surface area contributed by atoms with Crippen LogP contribution in [0.15, 0.2) is 24.3 Å². The van der Waals surface area contributed by atoms with Gasteiger partial charge in [0.05, 0.1) is 17.7 Å². The van der Waals surface area contributed by atoms with Crippen LogP contribution >= 0.6 is 11.8 Å². The van der Waals surface area contributed by atoms with Gasteiger partial charge in [0.15, 0.2) is 0 Å². The Morgan fingerprint density at radius 3 is 2.76 bits per heavy atom. The molecule has 2 rings (SSSR count). The van der Waals surface area contributed by atoms with Crippen LogP contribution in [0.4, 0.5) is 5.69 Å². The second-order valence-electron chi connectivity index (χ2n) is 5.28. The second-order valence-corrected chi connectivity index (χ2v) is 6.27. The van der Waals surface area contributed by atoms with E-state index in [1.54, 1.807) is 23.9 Å². The Kier molecular flexibility index (Phi) is 5.66. The van der Waals surface area contributed by atoms with Crippen LogP contribution in [0.2, 0.25) is 0 Å². The molecule has 1 aliphatic rings. The average molecular weight is 303 g/mol. The monoisotopic (exact) mass is 303 g/mol. The molecule has 5 heteroatoms. The summed E-state index contributed by atoms with van der Waals surface area (Å²) in [6.07, 6.45) is 4.02. The number of nitriles is 1. The Labute approximate surface area is 130 Å². The van der Waals surface area contributed by atoms with Gasteiger partial charge in [-0.2, -0.15) is 17.0 Å². The molecule has 1 aromatic rings. The van der Waals surface area contributed by atoms with Gasteiger partial charge in [-0.15, -0.1) is 0 Å². The Hall–Kier alpha value is -1.51. The van der Waals surface area contributed by atoms with Crippen molar-refractivity contribution in [3.63, 3.8) is 0 Å². The summed E-state index contributed by atoms with van der Waals surface area (Å²) in [4.78, 5) is 16.7. The van der Waals surface area contributed by atoms with Crippen LogP contribution in [-0.4, -0.2) is 49.0 Å². The quantitative estimate of drug-likeness (QED) is 0.838. The molecule has 1 atom stereocenters. The molecule has 0 aromatic heterocycles. The molecule has 1 aliphatic heterocycles. The third-order valence-corrected chi connectivity index (χ3v) is 4.49. The predicted molar refractivity (Wildman–Crippen MR) is 87.5 cm³/mol. The number of hydrogen-bond acceptors (Lipinski definition) is 4. The second kappa shape index (κ2) is 7.48. The first kappa shape index (κ1) is 15.9. The van der Waals surface area contributed by atoms with Crippen LogP contribution in [-0.2, 0) is 4.79 Å². The van der Waals surface area contributed by atoms with Crippen LogP contribution in [0, 0.1) is 11.3 Å². The minimum atomic E-state index is -0.0263. The molecule has 1 fully saturated rings. The summed E-state index contributed by atoms with van der Waals surface area (Å²) in [5.41, 5.74) is 1.51. The van der Waals surface area contributed by atoms with Gasteiger partial charge in [-0.3, -0.25) is 9.69 Å². The van der Waals surface area contributed by atoms with E-state index in [1.165, 1.54) is 0 Å². The van der Waals surface area contributed by atoms with E-state index in [2.05, 4.69) is 17.2 Å². The van der Waals surface area contributed by atoms with E-state index in [4.69, 9.17) is 5.26 Å². The zero-order chi connectivity index (χ0) is 15.2. The minimum absolute atomic E-state index is 0.0263. The molecule has 1 heterocycles. The summed E-state index contributed by atoms with van der Waals surface area (Å²) in [6.45, 7) is 1.69. The molecule has 0 bridgehead atoms. The molecule has 1 unspecified atom stereocenters. The van der Waals surface area contributed by atoms with Crippen LogP contribution in [0.3, 0.4) is 0 Å². The highest BCUT2D eigenvalue weighted by atomic mass is 32.2. The van der Waals surface area contributed by atoms with Gasteiger partial charge in [0.25, 0.3) is 0 Å². The lowest BCUT2D eigenvalue weighted by atomic mass is 10.0. The first-order valence-electron chi connectivity index (χ1n) is 7.18. The molecule has 112 valence electrons. The largest absolute Gasteiger partial charge is 0.311 e. The van der Waals surface area contributed by atoms with Crippen LogP contribution in [0.25, 0.3) is 0 Å². The fourth-order valence-electron chi connectivity index (χ4n) is 2.63. The fourth-order valence-corrected chi connectivity index (χ4v) is 3.10. The summed E-state index contributed by atoms with van der Waals surface area (Å²) < 4.78 is 0. The molecule has 4 nitrogen and oxygen atoms in total. The van der Waals surface area contributed by atoms with E-state index in [1.807, 2.05) is 24.1 Å². The molecule has 0 radical (unpaired) electrons. The molecule has 1 amide bonds. The Morgan fingerprint density at radius 1 is 1.43 bits per heavy atom. The third kappa shape index (κ3) is 3.78. The number of carbonyl (C=O) groups is 1. The predicted octanol–water partition coefficient (Wildman–Crippen LogP) is 2.35. The zero-order valence-corrected chi connectivity index (χ0v) is 13.4. The van der Waals surface area contributed by atoms with Crippen LogP contribution in [0.1, 0.15) is 18.4 Å². The summed E-state index contributed by atoms with van der Waals surface area (Å²) in [6, 6.07) is 9.34. The molecule has 1 aromatic carbocycles. The molecular formula is C16H21N3OS. The van der Waals surface area contributed by atoms with Gasteiger partial charge in [-0.25, -0.2) is 0 Å². The number of carbonyl (C=O) groups excluding carboxylic acids is 1. The van der Waals surface area contributed by atoms with Crippen molar-refractivity contribution in [2.24, 2.45) is 0 Å². The van der Waals surface area contributed by atoms with Crippen molar-refractivity contribution in [2.45, 2.75) is 18.9 Å². The highest BCUT2D eigenvalue weighted by molar-refractivity contribution is 7.98. The smallest absolute Gasteiger partial charge is 0.244 e. The van der Waals surface area contributed by atoms with Gasteiger partial charge >= 0.3 is 0 Å². The molecule has 0 spiro atoms. The van der Waals surface area contributed by atoms with Gasteiger partial charge in [-0.1, -0.05) is 0 Å². The summed E-state index contributed by atoms with van der Waals surface area (Å²) in [5.74, 6) is 1.21. The lowest BCUT2D eigenvalue weighted by molar-refractivity contribution is -0.124. The minimum Gasteiger partial charge on any atom is -0.311 e. The van der Waals surface area contributed by atoms with Crippen molar-refractivity contribution in [1.82, 2.24) is 4.90 Å². The SMILES string of the molecule is CSCCN(C)C1CCCN(c2ccc(C#N)cc2)C1=O. The van der Waals surface area contributed by atoms with Crippen molar-refractivity contribution < 1.29 is 4.79 Å². The maximum absolute atomic E-state index is 12.7. The van der Waals surface area contributed by atoms with Crippen molar-refractivity contribution in [1.29, 1.82) is 5.26 Å². The van der Waals surface area contributed by atoms with Gasteiger partial charge in [0, 0.05) is 24.5 Å². The molecule has 21 heavy (non-hydrogen) atoms. The van der Waals surface area contributed by atoms with E-state index >= 15 is 0 Å². The van der Waals surface area contributed by atoms with E-state index in [0.29, 0.717) is 5.56 Å². The number of thioether (sulfide) groups is 1. The number of piperidine rings is 1. The van der Waals surface area contributed by atoms with Crippen molar-refractivity contribution in [3.8, 4) is 6.07 Å². The number of benzene rings is 1. The van der Waals surface area contributed by atoms with Gasteiger partial charge in [0.2, 0.25) is 5.91 Å². The highest BCUT2D eigenvalue weighted by Crippen LogP contribution is 2.23. The molecule has 1 saturated heterocycles. The lowest BCUT2D eigenvalue weighted by Crippen LogP contribution is -2.51. The summed E-state index contributed by atoms with van der Waals surface area (Å²) in [5, 5.41) is 8.85. The van der Waals surface area contributed by atoms with Crippen molar-refractivity contribution in [2.75, 3.05) is 37.0 Å². The maximum Gasteiger partial charge on any atom is 0.244 e. The highest BCUT2D eigenvalue weighted by Gasteiger charge is 2.32. The first-order chi connectivity index (χ1) is 10.2. The van der Waals surface area contributed by atoms with Gasteiger partial charge in [0.1, 0.15) is 0 Å². The maximum atomic E-state index is 12.7. The number of rotatable bonds is 5. The zero-order valence-electron chi connectivity index (χ0n) is 12.6. The van der Waals surface area contributed by atoms with Crippen molar-refractivity contribution >= 4 is 23.4 Å². The lowest BCUT2D eigenvalue weighted by Gasteiger charge is -2.36. The van der Waals surface area contributed by atoms with Crippen LogP contribution < -0.4 is 4.90 Å². The Balaban J connectivity index is 2.10. The molecule has 0 aliphatic carbocycles. The van der Waals surface area contributed by atoms with Gasteiger partial charge < -0.3 is 4.90 Å². The summed E-state index contributed by atoms with van der Waals surface area (Å²) in [7, 11) is 2.03.